The van der Waals surface area contributed by atoms with Gasteiger partial charge in [-0.15, -0.1) is 0 Å². The summed E-state index contributed by atoms with van der Waals surface area (Å²) < 4.78 is 11.0. The topological polar surface area (TPSA) is 75.3 Å². The molecule has 0 radical (unpaired) electrons. The van der Waals surface area contributed by atoms with E-state index in [0.717, 1.165) is 11.3 Å². The molecule has 26 heavy (non-hydrogen) atoms. The van der Waals surface area contributed by atoms with Crippen molar-refractivity contribution in [1.29, 1.82) is 5.26 Å². The Morgan fingerprint density at radius 1 is 1.19 bits per heavy atom. The molecule has 0 aliphatic carbocycles. The van der Waals surface area contributed by atoms with E-state index in [2.05, 4.69) is 11.4 Å². The molecule has 0 aliphatic rings. The summed E-state index contributed by atoms with van der Waals surface area (Å²) in [6.07, 6.45) is 1.47. The first-order valence-corrected chi connectivity index (χ1v) is 8.22. The number of para-hydroxylation sites is 1. The number of hydrogen-bond acceptors (Lipinski definition) is 4. The van der Waals surface area contributed by atoms with Crippen LogP contribution in [0.25, 0.3) is 0 Å². The highest BCUT2D eigenvalue weighted by Gasteiger charge is 2.18. The fraction of sp³-hybridized carbons (Fsp3) is 0.143. The smallest absolute Gasteiger partial charge is 0.287 e. The highest BCUT2D eigenvalue weighted by Crippen LogP contribution is 2.18. The summed E-state index contributed by atoms with van der Waals surface area (Å²) in [5.41, 5.74) is 2.08. The molecule has 1 heterocycles. The van der Waals surface area contributed by atoms with Gasteiger partial charge in [-0.1, -0.05) is 30.3 Å². The van der Waals surface area contributed by atoms with Crippen molar-refractivity contribution in [2.45, 2.75) is 19.6 Å². The predicted octanol–water partition coefficient (Wildman–Crippen LogP) is 4.22. The lowest BCUT2D eigenvalue weighted by molar-refractivity contribution is 0.0908. The fourth-order valence-corrected chi connectivity index (χ4v) is 2.55. The summed E-state index contributed by atoms with van der Waals surface area (Å²) in [7, 11) is 0. The third-order valence-corrected chi connectivity index (χ3v) is 3.95. The van der Waals surface area contributed by atoms with E-state index in [1.54, 1.807) is 24.3 Å². The van der Waals surface area contributed by atoms with E-state index in [9.17, 15) is 4.79 Å². The van der Waals surface area contributed by atoms with Crippen LogP contribution in [0.15, 0.2) is 71.3 Å². The molecule has 0 saturated heterocycles. The third kappa shape index (κ3) is 4.11. The Morgan fingerprint density at radius 2 is 2.00 bits per heavy atom. The van der Waals surface area contributed by atoms with Crippen molar-refractivity contribution in [3.05, 3.63) is 89.4 Å². The molecule has 0 saturated carbocycles. The second-order valence-electron chi connectivity index (χ2n) is 5.81. The number of ether oxygens (including phenoxy) is 1. The van der Waals surface area contributed by atoms with Gasteiger partial charge in [0.15, 0.2) is 5.76 Å². The number of amides is 1. The van der Waals surface area contributed by atoms with Gasteiger partial charge < -0.3 is 14.5 Å². The Hall–Kier alpha value is -3.52. The molecule has 1 N–H and O–H groups in total. The maximum atomic E-state index is 12.6. The van der Waals surface area contributed by atoms with Crippen LogP contribution < -0.4 is 10.1 Å². The third-order valence-electron chi connectivity index (χ3n) is 3.95. The van der Waals surface area contributed by atoms with E-state index in [4.69, 9.17) is 14.4 Å². The van der Waals surface area contributed by atoms with Crippen LogP contribution in [0.3, 0.4) is 0 Å². The summed E-state index contributed by atoms with van der Waals surface area (Å²) in [6, 6.07) is 20.1. The molecule has 0 fully saturated rings. The molecule has 0 aliphatic heterocycles. The molecule has 5 nitrogen and oxygen atoms in total. The van der Waals surface area contributed by atoms with Gasteiger partial charge in [0, 0.05) is 5.56 Å². The van der Waals surface area contributed by atoms with Gasteiger partial charge in [0.2, 0.25) is 0 Å². The molecule has 0 spiro atoms. The molecule has 0 unspecified atom stereocenters. The molecular formula is C21H18N2O3. The van der Waals surface area contributed by atoms with Crippen LogP contribution >= 0.6 is 0 Å². The number of carbonyl (C=O) groups excluding carboxylic acids is 1. The summed E-state index contributed by atoms with van der Waals surface area (Å²) in [5, 5.41) is 11.9. The van der Waals surface area contributed by atoms with Crippen molar-refractivity contribution < 1.29 is 13.9 Å². The number of nitrogens with one attached hydrogen (secondary N) is 1. The Bertz CT molecular complexity index is 926. The molecule has 0 bridgehead atoms. The lowest BCUT2D eigenvalue weighted by Crippen LogP contribution is -2.27. The highest BCUT2D eigenvalue weighted by atomic mass is 16.5. The summed E-state index contributed by atoms with van der Waals surface area (Å²) in [6.45, 7) is 2.10. The molecule has 2 aromatic carbocycles. The predicted molar refractivity (Wildman–Crippen MR) is 96.5 cm³/mol. The monoisotopic (exact) mass is 346 g/mol. The van der Waals surface area contributed by atoms with E-state index in [0.29, 0.717) is 11.1 Å². The van der Waals surface area contributed by atoms with Gasteiger partial charge >= 0.3 is 0 Å². The molecule has 5 heteroatoms. The molecular weight excluding hydrogens is 328 g/mol. The number of nitriles is 1. The van der Waals surface area contributed by atoms with Crippen LogP contribution in [0.5, 0.6) is 5.75 Å². The van der Waals surface area contributed by atoms with Gasteiger partial charge in [-0.2, -0.15) is 5.26 Å². The fourth-order valence-electron chi connectivity index (χ4n) is 2.55. The zero-order valence-electron chi connectivity index (χ0n) is 14.3. The van der Waals surface area contributed by atoms with Crippen LogP contribution in [0.4, 0.5) is 0 Å². The lowest BCUT2D eigenvalue weighted by atomic mass is 10.1. The Labute approximate surface area is 151 Å². The minimum Gasteiger partial charge on any atom is -0.489 e. The molecule has 1 atom stereocenters. The van der Waals surface area contributed by atoms with Gasteiger partial charge in [-0.25, -0.2) is 0 Å². The van der Waals surface area contributed by atoms with Crippen LogP contribution in [-0.2, 0) is 6.61 Å². The molecule has 1 amide bonds. The lowest BCUT2D eigenvalue weighted by Gasteiger charge is -2.14. The first kappa shape index (κ1) is 17.3. The molecule has 3 rings (SSSR count). The average molecular weight is 346 g/mol. The van der Waals surface area contributed by atoms with Gasteiger partial charge in [-0.3, -0.25) is 4.79 Å². The first-order valence-electron chi connectivity index (χ1n) is 8.22. The number of benzene rings is 2. The van der Waals surface area contributed by atoms with Gasteiger partial charge in [0.1, 0.15) is 12.4 Å². The van der Waals surface area contributed by atoms with Gasteiger partial charge in [0.05, 0.1) is 23.9 Å². The van der Waals surface area contributed by atoms with E-state index in [-0.39, 0.29) is 24.3 Å². The average Bonchev–Trinajstić information content (AvgIpc) is 3.16. The molecule has 130 valence electrons. The number of furan rings is 1. The van der Waals surface area contributed by atoms with Crippen LogP contribution in [0, 0.1) is 11.3 Å². The summed E-state index contributed by atoms with van der Waals surface area (Å²) in [4.78, 5) is 12.6. The Kier molecular flexibility index (Phi) is 5.35. The first-order chi connectivity index (χ1) is 12.7. The number of carbonyl (C=O) groups is 1. The van der Waals surface area contributed by atoms with Crippen LogP contribution in [0.1, 0.15) is 40.2 Å². The van der Waals surface area contributed by atoms with E-state index >= 15 is 0 Å². The summed E-state index contributed by atoms with van der Waals surface area (Å²) in [5.74, 6) is 0.627. The van der Waals surface area contributed by atoms with Crippen molar-refractivity contribution in [3.8, 4) is 11.8 Å². The molecule has 3 aromatic rings. The van der Waals surface area contributed by atoms with Crippen LogP contribution in [-0.4, -0.2) is 5.91 Å². The number of hydrogen-bond donors (Lipinski definition) is 1. The van der Waals surface area contributed by atoms with Crippen LogP contribution in [0.2, 0.25) is 0 Å². The van der Waals surface area contributed by atoms with Crippen molar-refractivity contribution in [2.75, 3.05) is 0 Å². The zero-order valence-corrected chi connectivity index (χ0v) is 14.3. The largest absolute Gasteiger partial charge is 0.489 e. The van der Waals surface area contributed by atoms with Crippen molar-refractivity contribution in [3.63, 3.8) is 0 Å². The van der Waals surface area contributed by atoms with E-state index in [1.165, 1.54) is 6.26 Å². The maximum Gasteiger partial charge on any atom is 0.287 e. The zero-order chi connectivity index (χ0) is 18.4. The maximum absolute atomic E-state index is 12.6. The van der Waals surface area contributed by atoms with Gasteiger partial charge in [0.25, 0.3) is 5.91 Å². The Balaban J connectivity index is 1.67. The second-order valence-corrected chi connectivity index (χ2v) is 5.81. The van der Waals surface area contributed by atoms with Crippen molar-refractivity contribution in [1.82, 2.24) is 5.32 Å². The summed E-state index contributed by atoms with van der Waals surface area (Å²) >= 11 is 0. The van der Waals surface area contributed by atoms with Gasteiger partial charge in [-0.05, 0) is 42.8 Å². The quantitative estimate of drug-likeness (QED) is 0.725. The highest BCUT2D eigenvalue weighted by molar-refractivity contribution is 5.93. The standard InChI is InChI=1S/C21H18N2O3/c1-15(17-7-5-6-16(12-17)13-22)23-21(24)20-18(10-11-25-20)14-26-19-8-3-2-4-9-19/h2-12,15H,14H2,1H3,(H,23,24)/t15-/m1/s1. The minimum atomic E-state index is -0.323. The minimum absolute atomic E-state index is 0.226. The molecule has 1 aromatic heterocycles. The normalized spacial score (nSPS) is 11.4. The van der Waals surface area contributed by atoms with E-state index < -0.39 is 0 Å². The van der Waals surface area contributed by atoms with E-state index in [1.807, 2.05) is 43.3 Å². The number of rotatable bonds is 6. The van der Waals surface area contributed by atoms with Crippen molar-refractivity contribution in [2.24, 2.45) is 0 Å². The Morgan fingerprint density at radius 3 is 2.77 bits per heavy atom. The van der Waals surface area contributed by atoms with Crippen molar-refractivity contribution >= 4 is 5.91 Å². The second kappa shape index (κ2) is 8.04. The SMILES string of the molecule is C[C@@H](NC(=O)c1occc1COc1ccccc1)c1cccc(C#N)c1. The number of nitrogens with zero attached hydrogens (tertiary/aromatic N) is 1.